The molecule has 0 aliphatic heterocycles. The number of halogens is 3. The van der Waals surface area contributed by atoms with Crippen molar-refractivity contribution in [2.24, 2.45) is 5.92 Å². The molecule has 0 bridgehead atoms. The van der Waals surface area contributed by atoms with E-state index in [0.29, 0.717) is 12.1 Å². The summed E-state index contributed by atoms with van der Waals surface area (Å²) in [5.74, 6) is -0.109. The van der Waals surface area contributed by atoms with Gasteiger partial charge in [0.2, 0.25) is 5.95 Å². The molecule has 1 heterocycles. The van der Waals surface area contributed by atoms with Crippen molar-refractivity contribution >= 4 is 11.8 Å². The molecule has 0 saturated carbocycles. The Labute approximate surface area is 104 Å². The first kappa shape index (κ1) is 14.5. The summed E-state index contributed by atoms with van der Waals surface area (Å²) in [5.41, 5.74) is 4.28. The molecule has 0 aliphatic carbocycles. The van der Waals surface area contributed by atoms with Crippen LogP contribution in [-0.2, 0) is 6.18 Å². The van der Waals surface area contributed by atoms with Crippen molar-refractivity contribution in [1.29, 1.82) is 0 Å². The molecule has 1 aromatic rings. The van der Waals surface area contributed by atoms with E-state index in [0.717, 1.165) is 6.42 Å². The zero-order chi connectivity index (χ0) is 13.9. The maximum absolute atomic E-state index is 12.5. The van der Waals surface area contributed by atoms with Crippen LogP contribution in [0.5, 0.6) is 0 Å². The lowest BCUT2D eigenvalue weighted by Gasteiger charge is -2.21. The van der Waals surface area contributed by atoms with Gasteiger partial charge >= 0.3 is 6.18 Å². The van der Waals surface area contributed by atoms with Crippen LogP contribution in [0.1, 0.15) is 32.8 Å². The zero-order valence-electron chi connectivity index (χ0n) is 10.5. The fraction of sp³-hybridized carbons (Fsp3) is 0.636. The molecule has 0 amide bonds. The summed E-state index contributed by atoms with van der Waals surface area (Å²) in [6, 6.07) is 0.0983. The van der Waals surface area contributed by atoms with E-state index in [2.05, 4.69) is 15.3 Å². The van der Waals surface area contributed by atoms with Gasteiger partial charge in [-0.3, -0.25) is 0 Å². The topological polar surface area (TPSA) is 63.8 Å². The summed E-state index contributed by atoms with van der Waals surface area (Å²) in [7, 11) is 0. The Morgan fingerprint density at radius 1 is 1.39 bits per heavy atom. The lowest BCUT2D eigenvalue weighted by molar-refractivity contribution is -0.137. The van der Waals surface area contributed by atoms with Crippen LogP contribution in [0.15, 0.2) is 6.20 Å². The summed E-state index contributed by atoms with van der Waals surface area (Å²) < 4.78 is 37.4. The van der Waals surface area contributed by atoms with Gasteiger partial charge in [-0.1, -0.05) is 20.8 Å². The quantitative estimate of drug-likeness (QED) is 0.875. The summed E-state index contributed by atoms with van der Waals surface area (Å²) in [5, 5.41) is 2.98. The number of rotatable bonds is 4. The highest BCUT2D eigenvalue weighted by molar-refractivity contribution is 5.44. The van der Waals surface area contributed by atoms with Crippen LogP contribution in [0.4, 0.5) is 24.9 Å². The van der Waals surface area contributed by atoms with Gasteiger partial charge in [-0.25, -0.2) is 4.98 Å². The highest BCUT2D eigenvalue weighted by Crippen LogP contribution is 2.32. The number of hydrogen-bond acceptors (Lipinski definition) is 4. The van der Waals surface area contributed by atoms with Gasteiger partial charge in [-0.15, -0.1) is 0 Å². The van der Waals surface area contributed by atoms with Crippen molar-refractivity contribution in [1.82, 2.24) is 9.97 Å². The minimum atomic E-state index is -4.52. The van der Waals surface area contributed by atoms with E-state index in [9.17, 15) is 13.2 Å². The van der Waals surface area contributed by atoms with Crippen molar-refractivity contribution in [3.05, 3.63) is 11.8 Å². The predicted octanol–water partition coefficient (Wildman–Crippen LogP) is 2.92. The first-order valence-corrected chi connectivity index (χ1v) is 5.72. The van der Waals surface area contributed by atoms with Gasteiger partial charge < -0.3 is 11.1 Å². The van der Waals surface area contributed by atoms with Gasteiger partial charge in [0.1, 0.15) is 11.4 Å². The number of nitrogens with zero attached hydrogens (tertiary/aromatic N) is 2. The normalized spacial score (nSPS) is 13.7. The van der Waals surface area contributed by atoms with Crippen molar-refractivity contribution in [2.45, 2.75) is 39.4 Å². The lowest BCUT2D eigenvalue weighted by Crippen LogP contribution is -2.26. The Balaban J connectivity index is 2.91. The largest absolute Gasteiger partial charge is 0.421 e. The minimum absolute atomic E-state index is 0.0983. The second kappa shape index (κ2) is 5.41. The molecule has 1 aromatic heterocycles. The van der Waals surface area contributed by atoms with Crippen LogP contribution in [0, 0.1) is 5.92 Å². The molecule has 0 fully saturated rings. The number of nitrogens with one attached hydrogen (secondary N) is 1. The van der Waals surface area contributed by atoms with E-state index in [1.54, 1.807) is 0 Å². The van der Waals surface area contributed by atoms with Gasteiger partial charge in [-0.05, 0) is 12.3 Å². The molecule has 4 nitrogen and oxygen atoms in total. The number of nitrogen functional groups attached to an aromatic ring is 1. The average Bonchev–Trinajstić information content (AvgIpc) is 2.23. The van der Waals surface area contributed by atoms with E-state index in [1.165, 1.54) is 0 Å². The summed E-state index contributed by atoms with van der Waals surface area (Å²) in [6.07, 6.45) is -3.00. The minimum Gasteiger partial charge on any atom is -0.383 e. The van der Waals surface area contributed by atoms with Gasteiger partial charge in [0.15, 0.2) is 0 Å². The Kier molecular flexibility index (Phi) is 4.37. The highest BCUT2D eigenvalue weighted by Gasteiger charge is 2.34. The standard InChI is InChI=1S/C11H17F3N4/c1-4-8(6(2)3)17-10-16-5-7(9(15)18-10)11(12,13)14/h5-6,8H,4H2,1-3H3,(H3,15,16,17,18)/t8-/m1/s1. The summed E-state index contributed by atoms with van der Waals surface area (Å²) >= 11 is 0. The van der Waals surface area contributed by atoms with Gasteiger partial charge in [0.05, 0.1) is 0 Å². The fourth-order valence-electron chi connectivity index (χ4n) is 1.59. The van der Waals surface area contributed by atoms with Gasteiger partial charge in [0, 0.05) is 12.2 Å². The van der Waals surface area contributed by atoms with E-state index in [1.807, 2.05) is 20.8 Å². The summed E-state index contributed by atoms with van der Waals surface area (Å²) in [4.78, 5) is 7.30. The summed E-state index contributed by atoms with van der Waals surface area (Å²) in [6.45, 7) is 5.99. The number of nitrogens with two attached hydrogens (primary N) is 1. The maximum Gasteiger partial charge on any atom is 0.421 e. The van der Waals surface area contributed by atoms with Crippen LogP contribution in [0.3, 0.4) is 0 Å². The second-order valence-electron chi connectivity index (χ2n) is 4.39. The molecule has 1 rings (SSSR count). The Hall–Kier alpha value is -1.53. The number of alkyl halides is 3. The maximum atomic E-state index is 12.5. The second-order valence-corrected chi connectivity index (χ2v) is 4.39. The first-order valence-electron chi connectivity index (χ1n) is 5.72. The molecule has 0 aromatic carbocycles. The molecule has 102 valence electrons. The third-order valence-electron chi connectivity index (χ3n) is 2.68. The number of hydrogen-bond donors (Lipinski definition) is 2. The van der Waals surface area contributed by atoms with Crippen LogP contribution < -0.4 is 11.1 Å². The third-order valence-corrected chi connectivity index (χ3v) is 2.68. The molecule has 0 unspecified atom stereocenters. The van der Waals surface area contributed by atoms with Gasteiger partial charge in [-0.2, -0.15) is 18.2 Å². The predicted molar refractivity (Wildman–Crippen MR) is 64.0 cm³/mol. The van der Waals surface area contributed by atoms with Crippen LogP contribution in [0.2, 0.25) is 0 Å². The van der Waals surface area contributed by atoms with Crippen LogP contribution in [-0.4, -0.2) is 16.0 Å². The van der Waals surface area contributed by atoms with E-state index < -0.39 is 17.6 Å². The van der Waals surface area contributed by atoms with Crippen molar-refractivity contribution in [3.63, 3.8) is 0 Å². The molecule has 0 spiro atoms. The molecule has 1 atom stereocenters. The monoisotopic (exact) mass is 262 g/mol. The molecule has 0 radical (unpaired) electrons. The first-order chi connectivity index (χ1) is 8.25. The smallest absolute Gasteiger partial charge is 0.383 e. The molecule has 3 N–H and O–H groups in total. The molecular weight excluding hydrogens is 245 g/mol. The van der Waals surface area contributed by atoms with Crippen molar-refractivity contribution in [3.8, 4) is 0 Å². The average molecular weight is 262 g/mol. The van der Waals surface area contributed by atoms with Gasteiger partial charge in [0.25, 0.3) is 0 Å². The zero-order valence-corrected chi connectivity index (χ0v) is 10.5. The molecule has 0 aliphatic rings. The van der Waals surface area contributed by atoms with Crippen molar-refractivity contribution in [2.75, 3.05) is 11.1 Å². The highest BCUT2D eigenvalue weighted by atomic mass is 19.4. The fourth-order valence-corrected chi connectivity index (χ4v) is 1.59. The van der Waals surface area contributed by atoms with E-state index in [4.69, 9.17) is 5.73 Å². The number of aromatic nitrogens is 2. The Morgan fingerprint density at radius 2 is 2.00 bits per heavy atom. The molecule has 0 saturated heterocycles. The van der Waals surface area contributed by atoms with Crippen LogP contribution >= 0.6 is 0 Å². The van der Waals surface area contributed by atoms with Crippen molar-refractivity contribution < 1.29 is 13.2 Å². The van der Waals surface area contributed by atoms with E-state index in [-0.39, 0.29) is 12.0 Å². The number of anilines is 2. The molecule has 18 heavy (non-hydrogen) atoms. The lowest BCUT2D eigenvalue weighted by atomic mass is 10.0. The SMILES string of the molecule is CC[C@@H](Nc1ncc(C(F)(F)F)c(N)n1)C(C)C. The van der Waals surface area contributed by atoms with Crippen LogP contribution in [0.25, 0.3) is 0 Å². The van der Waals surface area contributed by atoms with E-state index >= 15 is 0 Å². The molecule has 7 heteroatoms. The Morgan fingerprint density at radius 3 is 2.39 bits per heavy atom. The Bertz CT molecular complexity index is 404. The third kappa shape index (κ3) is 3.48. The molecular formula is C11H17F3N4.